The predicted octanol–water partition coefficient (Wildman–Crippen LogP) is 5.68. The van der Waals surface area contributed by atoms with Crippen molar-refractivity contribution in [2.24, 2.45) is 11.3 Å². The molecule has 0 unspecified atom stereocenters. The molecular weight excluding hydrogens is 258 g/mol. The second-order valence-corrected chi connectivity index (χ2v) is 6.54. The van der Waals surface area contributed by atoms with Crippen LogP contribution in [0.1, 0.15) is 80.2 Å². The van der Waals surface area contributed by atoms with Crippen LogP contribution in [0.15, 0.2) is 29.2 Å². The summed E-state index contributed by atoms with van der Waals surface area (Å²) < 4.78 is 1.92. The quantitative estimate of drug-likeness (QED) is 0.687. The summed E-state index contributed by atoms with van der Waals surface area (Å²) in [7, 11) is 0. The number of pyridine rings is 1. The first-order valence-electron chi connectivity index (χ1n) is 8.63. The second kappa shape index (κ2) is 9.81. The van der Waals surface area contributed by atoms with Crippen LogP contribution in [-0.4, -0.2) is 4.57 Å². The zero-order chi connectivity index (χ0) is 16.5. The van der Waals surface area contributed by atoms with Gasteiger partial charge >= 0.3 is 0 Å². The van der Waals surface area contributed by atoms with Crippen molar-refractivity contribution >= 4 is 0 Å². The molecule has 1 aliphatic carbocycles. The second-order valence-electron chi connectivity index (χ2n) is 6.54. The number of aromatic nitrogens is 1. The van der Waals surface area contributed by atoms with Gasteiger partial charge in [-0.3, -0.25) is 4.79 Å². The molecule has 0 bridgehead atoms. The highest BCUT2D eigenvalue weighted by Crippen LogP contribution is 2.40. The number of hydrogen-bond donors (Lipinski definition) is 0. The third-order valence-corrected chi connectivity index (χ3v) is 3.66. The van der Waals surface area contributed by atoms with Crippen LogP contribution in [0.3, 0.4) is 0 Å². The summed E-state index contributed by atoms with van der Waals surface area (Å²) in [5.41, 5.74) is 0.551. The standard InChI is InChI=1S/C15H23NO.2C2H6/c1-15(2,3)11-12-7-8-13(10-12)16-9-5-4-6-14(16)17;2*1-2/h4-6,9,12-13H,7-8,10-11H2,1-3H3;2*1-2H3/t12-,13+;;/m1../s1. The van der Waals surface area contributed by atoms with Crippen LogP contribution in [0.25, 0.3) is 0 Å². The lowest BCUT2D eigenvalue weighted by Crippen LogP contribution is -2.21. The predicted molar refractivity (Wildman–Crippen MR) is 93.8 cm³/mol. The maximum absolute atomic E-state index is 11.8. The van der Waals surface area contributed by atoms with Gasteiger partial charge in [0.25, 0.3) is 5.56 Å². The third-order valence-electron chi connectivity index (χ3n) is 3.66. The molecule has 0 spiro atoms. The van der Waals surface area contributed by atoms with Crippen LogP contribution in [0.5, 0.6) is 0 Å². The van der Waals surface area contributed by atoms with E-state index in [4.69, 9.17) is 0 Å². The Balaban J connectivity index is 0.000000921. The fourth-order valence-corrected chi connectivity index (χ4v) is 3.09. The molecule has 1 aromatic rings. The van der Waals surface area contributed by atoms with Gasteiger partial charge in [0.05, 0.1) is 0 Å². The summed E-state index contributed by atoms with van der Waals surface area (Å²) in [6.45, 7) is 14.9. The summed E-state index contributed by atoms with van der Waals surface area (Å²) >= 11 is 0. The lowest BCUT2D eigenvalue weighted by atomic mass is 9.84. The third kappa shape index (κ3) is 6.97. The molecular formula is C19H35NO. The Morgan fingerprint density at radius 1 is 1.10 bits per heavy atom. The Kier molecular flexibility index (Phi) is 9.32. The number of rotatable bonds is 2. The van der Waals surface area contributed by atoms with Crippen molar-refractivity contribution in [1.82, 2.24) is 4.57 Å². The highest BCUT2D eigenvalue weighted by Gasteiger charge is 2.29. The minimum atomic E-state index is 0.147. The highest BCUT2D eigenvalue weighted by molar-refractivity contribution is 4.97. The molecule has 0 N–H and O–H groups in total. The monoisotopic (exact) mass is 293 g/mol. The van der Waals surface area contributed by atoms with Crippen LogP contribution in [-0.2, 0) is 0 Å². The van der Waals surface area contributed by atoms with Crippen molar-refractivity contribution in [2.75, 3.05) is 0 Å². The Labute approximate surface area is 131 Å². The average Bonchev–Trinajstić information content (AvgIpc) is 2.90. The topological polar surface area (TPSA) is 22.0 Å². The largest absolute Gasteiger partial charge is 0.312 e. The van der Waals surface area contributed by atoms with Crippen LogP contribution in [0.2, 0.25) is 0 Å². The Morgan fingerprint density at radius 2 is 1.71 bits per heavy atom. The van der Waals surface area contributed by atoms with Crippen molar-refractivity contribution in [3.8, 4) is 0 Å². The molecule has 0 radical (unpaired) electrons. The molecule has 1 saturated carbocycles. The van der Waals surface area contributed by atoms with Gasteiger partial charge in [-0.1, -0.05) is 54.5 Å². The molecule has 21 heavy (non-hydrogen) atoms. The van der Waals surface area contributed by atoms with E-state index in [-0.39, 0.29) is 5.56 Å². The zero-order valence-electron chi connectivity index (χ0n) is 15.1. The van der Waals surface area contributed by atoms with Gasteiger partial charge in [-0.05, 0) is 43.1 Å². The van der Waals surface area contributed by atoms with Crippen LogP contribution in [0.4, 0.5) is 0 Å². The van der Waals surface area contributed by atoms with E-state index in [1.54, 1.807) is 6.07 Å². The Bertz CT molecular complexity index is 428. The van der Waals surface area contributed by atoms with Crippen LogP contribution >= 0.6 is 0 Å². The minimum Gasteiger partial charge on any atom is -0.312 e. The van der Waals surface area contributed by atoms with E-state index < -0.39 is 0 Å². The van der Waals surface area contributed by atoms with E-state index in [1.165, 1.54) is 19.3 Å². The fraction of sp³-hybridized carbons (Fsp3) is 0.737. The normalized spacial score (nSPS) is 20.9. The lowest BCUT2D eigenvalue weighted by molar-refractivity contribution is 0.291. The van der Waals surface area contributed by atoms with Gasteiger partial charge in [0.1, 0.15) is 0 Å². The minimum absolute atomic E-state index is 0.147. The zero-order valence-corrected chi connectivity index (χ0v) is 15.1. The van der Waals surface area contributed by atoms with Gasteiger partial charge in [-0.2, -0.15) is 0 Å². The molecule has 0 aromatic carbocycles. The Hall–Kier alpha value is -1.05. The van der Waals surface area contributed by atoms with Gasteiger partial charge in [-0.15, -0.1) is 0 Å². The first-order chi connectivity index (χ1) is 9.96. The number of hydrogen-bond acceptors (Lipinski definition) is 1. The maximum Gasteiger partial charge on any atom is 0.250 e. The summed E-state index contributed by atoms with van der Waals surface area (Å²) in [4.78, 5) is 11.8. The molecule has 2 nitrogen and oxygen atoms in total. The summed E-state index contributed by atoms with van der Waals surface area (Å²) in [6.07, 6.45) is 6.80. The molecule has 2 heteroatoms. The van der Waals surface area contributed by atoms with E-state index in [9.17, 15) is 4.79 Å². The van der Waals surface area contributed by atoms with E-state index in [0.717, 1.165) is 12.3 Å². The van der Waals surface area contributed by atoms with Crippen LogP contribution in [0, 0.1) is 11.3 Å². The molecule has 1 aliphatic rings. The van der Waals surface area contributed by atoms with E-state index in [2.05, 4.69) is 20.8 Å². The molecule has 2 rings (SSSR count). The fourth-order valence-electron chi connectivity index (χ4n) is 3.09. The van der Waals surface area contributed by atoms with Gasteiger partial charge in [0, 0.05) is 18.3 Å². The molecule has 1 heterocycles. The molecule has 1 fully saturated rings. The maximum atomic E-state index is 11.8. The smallest absolute Gasteiger partial charge is 0.250 e. The summed E-state index contributed by atoms with van der Waals surface area (Å²) in [6, 6.07) is 5.87. The van der Waals surface area contributed by atoms with E-state index >= 15 is 0 Å². The summed E-state index contributed by atoms with van der Waals surface area (Å²) in [5.74, 6) is 0.784. The van der Waals surface area contributed by atoms with Crippen molar-refractivity contribution < 1.29 is 0 Å². The van der Waals surface area contributed by atoms with E-state index in [1.807, 2.05) is 50.6 Å². The van der Waals surface area contributed by atoms with Gasteiger partial charge in [0.15, 0.2) is 0 Å². The van der Waals surface area contributed by atoms with Crippen molar-refractivity contribution in [1.29, 1.82) is 0 Å². The Morgan fingerprint density at radius 3 is 2.24 bits per heavy atom. The van der Waals surface area contributed by atoms with E-state index in [0.29, 0.717) is 11.5 Å². The first-order valence-corrected chi connectivity index (χ1v) is 8.63. The number of nitrogens with zero attached hydrogens (tertiary/aromatic N) is 1. The SMILES string of the molecule is CC.CC.CC(C)(C)C[C@@H]1CC[C@H](n2ccccc2=O)C1. The molecule has 0 amide bonds. The van der Waals surface area contributed by atoms with Gasteiger partial charge < -0.3 is 4.57 Å². The molecule has 1 aromatic heterocycles. The van der Waals surface area contributed by atoms with Crippen molar-refractivity contribution in [2.45, 2.75) is 80.2 Å². The molecule has 0 aliphatic heterocycles. The average molecular weight is 293 g/mol. The van der Waals surface area contributed by atoms with Crippen LogP contribution < -0.4 is 5.56 Å². The van der Waals surface area contributed by atoms with Gasteiger partial charge in [-0.25, -0.2) is 0 Å². The molecule has 0 saturated heterocycles. The lowest BCUT2D eigenvalue weighted by Gasteiger charge is -2.23. The highest BCUT2D eigenvalue weighted by atomic mass is 16.1. The molecule has 122 valence electrons. The van der Waals surface area contributed by atoms with Crippen molar-refractivity contribution in [3.05, 3.63) is 34.7 Å². The summed E-state index contributed by atoms with van der Waals surface area (Å²) in [5, 5.41) is 0. The van der Waals surface area contributed by atoms with Crippen molar-refractivity contribution in [3.63, 3.8) is 0 Å². The van der Waals surface area contributed by atoms with Gasteiger partial charge in [0.2, 0.25) is 0 Å². The molecule has 2 atom stereocenters. The first kappa shape index (κ1) is 19.9.